The molecule has 2 aliphatic rings. The molecular weight excluding hydrogens is 222 g/mol. The molecule has 1 unspecified atom stereocenters. The van der Waals surface area contributed by atoms with Crippen molar-refractivity contribution in [2.75, 3.05) is 13.2 Å². The van der Waals surface area contributed by atoms with E-state index in [4.69, 9.17) is 4.74 Å². The Labute approximate surface area is 110 Å². The van der Waals surface area contributed by atoms with Gasteiger partial charge in [0, 0.05) is 18.0 Å². The van der Waals surface area contributed by atoms with E-state index >= 15 is 0 Å². The minimum atomic E-state index is 0.497. The van der Waals surface area contributed by atoms with E-state index < -0.39 is 0 Å². The van der Waals surface area contributed by atoms with Crippen LogP contribution in [0.25, 0.3) is 0 Å². The molecule has 1 fully saturated rings. The molecule has 1 atom stereocenters. The third kappa shape index (κ3) is 2.69. The van der Waals surface area contributed by atoms with Crippen molar-refractivity contribution in [3.8, 4) is 5.75 Å². The van der Waals surface area contributed by atoms with Crippen LogP contribution >= 0.6 is 0 Å². The molecule has 1 saturated carbocycles. The van der Waals surface area contributed by atoms with E-state index in [-0.39, 0.29) is 0 Å². The fraction of sp³-hybridized carbons (Fsp3) is 0.625. The van der Waals surface area contributed by atoms with Gasteiger partial charge in [-0.1, -0.05) is 43.9 Å². The molecular formula is C16H23NO. The summed E-state index contributed by atoms with van der Waals surface area (Å²) in [6.45, 7) is 2.00. The maximum Gasteiger partial charge on any atom is 0.124 e. The van der Waals surface area contributed by atoms with Crippen LogP contribution < -0.4 is 10.1 Å². The molecule has 0 radical (unpaired) electrons. The maximum atomic E-state index is 5.69. The third-order valence-electron chi connectivity index (χ3n) is 4.38. The molecule has 1 heterocycles. The van der Waals surface area contributed by atoms with Gasteiger partial charge in [-0.15, -0.1) is 0 Å². The fourth-order valence-corrected chi connectivity index (χ4v) is 3.31. The summed E-state index contributed by atoms with van der Waals surface area (Å²) in [5.41, 5.74) is 1.34. The monoisotopic (exact) mass is 245 g/mol. The zero-order chi connectivity index (χ0) is 12.2. The average molecular weight is 245 g/mol. The summed E-state index contributed by atoms with van der Waals surface area (Å²) in [6.07, 6.45) is 8.24. The first-order valence-electron chi connectivity index (χ1n) is 7.38. The summed E-state index contributed by atoms with van der Waals surface area (Å²) in [5.74, 6) is 2.05. The van der Waals surface area contributed by atoms with Gasteiger partial charge in [0.15, 0.2) is 0 Å². The van der Waals surface area contributed by atoms with Crippen molar-refractivity contribution in [1.29, 1.82) is 0 Å². The van der Waals surface area contributed by atoms with Gasteiger partial charge >= 0.3 is 0 Å². The predicted molar refractivity (Wildman–Crippen MR) is 73.9 cm³/mol. The molecule has 1 aliphatic carbocycles. The van der Waals surface area contributed by atoms with Crippen molar-refractivity contribution in [1.82, 2.24) is 5.32 Å². The quantitative estimate of drug-likeness (QED) is 0.873. The van der Waals surface area contributed by atoms with E-state index in [1.165, 1.54) is 37.7 Å². The summed E-state index contributed by atoms with van der Waals surface area (Å²) in [5, 5.41) is 3.72. The van der Waals surface area contributed by atoms with Gasteiger partial charge in [-0.3, -0.25) is 0 Å². The van der Waals surface area contributed by atoms with E-state index in [1.807, 2.05) is 0 Å². The van der Waals surface area contributed by atoms with E-state index in [2.05, 4.69) is 29.6 Å². The highest BCUT2D eigenvalue weighted by atomic mass is 16.5. The summed E-state index contributed by atoms with van der Waals surface area (Å²) in [6, 6.07) is 8.94. The first-order chi connectivity index (χ1) is 8.93. The molecule has 18 heavy (non-hydrogen) atoms. The summed E-state index contributed by atoms with van der Waals surface area (Å²) < 4.78 is 5.69. The van der Waals surface area contributed by atoms with Crippen LogP contribution in [0.3, 0.4) is 0 Å². The van der Waals surface area contributed by atoms with Gasteiger partial charge < -0.3 is 10.1 Å². The molecule has 0 bridgehead atoms. The Morgan fingerprint density at radius 1 is 1.11 bits per heavy atom. The number of rotatable bonds is 4. The van der Waals surface area contributed by atoms with Crippen LogP contribution in [0.4, 0.5) is 0 Å². The number of hydrogen-bond donors (Lipinski definition) is 1. The Hall–Kier alpha value is -1.02. The highest BCUT2D eigenvalue weighted by molar-refractivity contribution is 5.37. The Kier molecular flexibility index (Phi) is 3.84. The molecule has 1 N–H and O–H groups in total. The highest BCUT2D eigenvalue weighted by Gasteiger charge is 2.21. The lowest BCUT2D eigenvalue weighted by Crippen LogP contribution is -2.28. The molecule has 98 valence electrons. The lowest BCUT2D eigenvalue weighted by atomic mass is 9.99. The topological polar surface area (TPSA) is 21.3 Å². The molecule has 2 heteroatoms. The van der Waals surface area contributed by atoms with Gasteiger partial charge in [0.1, 0.15) is 5.75 Å². The first kappa shape index (κ1) is 12.0. The van der Waals surface area contributed by atoms with Crippen LogP contribution in [0.5, 0.6) is 5.75 Å². The van der Waals surface area contributed by atoms with Crippen LogP contribution in [-0.2, 0) is 0 Å². The van der Waals surface area contributed by atoms with Gasteiger partial charge in [0.25, 0.3) is 0 Å². The van der Waals surface area contributed by atoms with E-state index in [0.717, 1.165) is 31.2 Å². The maximum absolute atomic E-state index is 5.69. The van der Waals surface area contributed by atoms with Crippen LogP contribution in [0, 0.1) is 5.92 Å². The number of fused-ring (bicyclic) bond motifs is 1. The van der Waals surface area contributed by atoms with Crippen LogP contribution in [0.1, 0.15) is 50.1 Å². The second kappa shape index (κ2) is 5.75. The largest absolute Gasteiger partial charge is 0.493 e. The molecule has 2 nitrogen and oxygen atoms in total. The fourth-order valence-electron chi connectivity index (χ4n) is 3.31. The van der Waals surface area contributed by atoms with Gasteiger partial charge in [-0.25, -0.2) is 0 Å². The van der Waals surface area contributed by atoms with E-state index in [1.54, 1.807) is 0 Å². The van der Waals surface area contributed by atoms with Crippen LogP contribution in [0.2, 0.25) is 0 Å². The Balaban J connectivity index is 1.54. The molecule has 0 amide bonds. The number of para-hydroxylation sites is 1. The molecule has 1 aliphatic heterocycles. The normalized spacial score (nSPS) is 23.7. The number of benzene rings is 1. The zero-order valence-electron chi connectivity index (χ0n) is 11.0. The molecule has 1 aromatic carbocycles. The molecule has 3 rings (SSSR count). The third-order valence-corrected chi connectivity index (χ3v) is 4.38. The van der Waals surface area contributed by atoms with Crippen molar-refractivity contribution in [3.63, 3.8) is 0 Å². The van der Waals surface area contributed by atoms with E-state index in [9.17, 15) is 0 Å². The summed E-state index contributed by atoms with van der Waals surface area (Å²) in [4.78, 5) is 0. The van der Waals surface area contributed by atoms with Crippen molar-refractivity contribution >= 4 is 0 Å². The van der Waals surface area contributed by atoms with Crippen molar-refractivity contribution < 1.29 is 4.74 Å². The minimum Gasteiger partial charge on any atom is -0.493 e. The second-order valence-electron chi connectivity index (χ2n) is 5.62. The Morgan fingerprint density at radius 3 is 2.83 bits per heavy atom. The lowest BCUT2D eigenvalue weighted by molar-refractivity contribution is 0.251. The average Bonchev–Trinajstić information content (AvgIpc) is 2.92. The number of ether oxygens (including phenoxy) is 1. The summed E-state index contributed by atoms with van der Waals surface area (Å²) >= 11 is 0. The predicted octanol–water partition coefficient (Wildman–Crippen LogP) is 3.68. The Morgan fingerprint density at radius 2 is 1.94 bits per heavy atom. The zero-order valence-corrected chi connectivity index (χ0v) is 11.0. The molecule has 0 spiro atoms. The van der Waals surface area contributed by atoms with Crippen LogP contribution in [-0.4, -0.2) is 13.2 Å². The highest BCUT2D eigenvalue weighted by Crippen LogP contribution is 2.32. The Bertz CT molecular complexity index is 384. The van der Waals surface area contributed by atoms with Crippen LogP contribution in [0.15, 0.2) is 24.3 Å². The van der Waals surface area contributed by atoms with Gasteiger partial charge in [0.2, 0.25) is 0 Å². The first-order valence-corrected chi connectivity index (χ1v) is 7.38. The molecule has 0 saturated heterocycles. The van der Waals surface area contributed by atoms with Crippen molar-refractivity contribution in [2.45, 2.75) is 44.6 Å². The number of hydrogen-bond acceptors (Lipinski definition) is 2. The van der Waals surface area contributed by atoms with E-state index in [0.29, 0.717) is 6.04 Å². The standard InChI is InChI=1S/C16H23NO/c1-2-6-13(5-1)9-11-17-15-10-12-18-16-8-4-3-7-14(15)16/h3-4,7-8,13,15,17H,1-2,5-6,9-12H2. The second-order valence-corrected chi connectivity index (χ2v) is 5.62. The summed E-state index contributed by atoms with van der Waals surface area (Å²) in [7, 11) is 0. The van der Waals surface area contributed by atoms with Crippen molar-refractivity contribution in [3.05, 3.63) is 29.8 Å². The van der Waals surface area contributed by atoms with Gasteiger partial charge in [0.05, 0.1) is 6.61 Å². The molecule has 1 aromatic rings. The number of nitrogens with one attached hydrogen (secondary N) is 1. The molecule has 0 aromatic heterocycles. The SMILES string of the molecule is c1ccc2c(c1)OCCC2NCCC1CCCC1. The van der Waals surface area contributed by atoms with Gasteiger partial charge in [-0.2, -0.15) is 0 Å². The van der Waals surface area contributed by atoms with Gasteiger partial charge in [-0.05, 0) is 24.9 Å². The minimum absolute atomic E-state index is 0.497. The lowest BCUT2D eigenvalue weighted by Gasteiger charge is -2.27. The smallest absolute Gasteiger partial charge is 0.124 e. The van der Waals surface area contributed by atoms with Crippen molar-refractivity contribution in [2.24, 2.45) is 5.92 Å².